The molecule has 0 saturated carbocycles. The lowest BCUT2D eigenvalue weighted by molar-refractivity contribution is 0.304. The van der Waals surface area contributed by atoms with Crippen molar-refractivity contribution in [1.29, 1.82) is 5.26 Å². The molecule has 0 aliphatic carbocycles. The van der Waals surface area contributed by atoms with E-state index in [9.17, 15) is 0 Å². The SMILES string of the molecule is CCCCCCCCCCCCOc1ccc2nc(C#N)ccc2c1. The number of nitriles is 1. The van der Waals surface area contributed by atoms with E-state index >= 15 is 0 Å². The largest absolute Gasteiger partial charge is 0.494 e. The smallest absolute Gasteiger partial charge is 0.141 e. The van der Waals surface area contributed by atoms with Gasteiger partial charge in [-0.05, 0) is 36.8 Å². The first-order valence-electron chi connectivity index (χ1n) is 9.77. The van der Waals surface area contributed by atoms with Gasteiger partial charge in [0.1, 0.15) is 17.5 Å². The Kier molecular flexibility index (Phi) is 8.83. The van der Waals surface area contributed by atoms with Crippen LogP contribution in [0.2, 0.25) is 0 Å². The van der Waals surface area contributed by atoms with Gasteiger partial charge in [0.15, 0.2) is 0 Å². The molecule has 0 atom stereocenters. The average molecular weight is 338 g/mol. The Hall–Kier alpha value is -2.08. The van der Waals surface area contributed by atoms with Gasteiger partial charge in [0.05, 0.1) is 12.1 Å². The second-order valence-corrected chi connectivity index (χ2v) is 6.69. The fourth-order valence-electron chi connectivity index (χ4n) is 3.04. The van der Waals surface area contributed by atoms with Crippen molar-refractivity contribution < 1.29 is 4.74 Å². The number of hydrogen-bond donors (Lipinski definition) is 0. The number of fused-ring (bicyclic) bond motifs is 1. The van der Waals surface area contributed by atoms with Crippen molar-refractivity contribution in [3.8, 4) is 11.8 Å². The average Bonchev–Trinajstić information content (AvgIpc) is 2.65. The summed E-state index contributed by atoms with van der Waals surface area (Å²) in [5.74, 6) is 0.884. The van der Waals surface area contributed by atoms with E-state index in [0.717, 1.165) is 29.7 Å². The van der Waals surface area contributed by atoms with Crippen LogP contribution in [0.1, 0.15) is 76.8 Å². The molecule has 0 amide bonds. The number of hydrogen-bond acceptors (Lipinski definition) is 3. The first-order valence-corrected chi connectivity index (χ1v) is 9.77. The Bertz CT molecular complexity index is 675. The van der Waals surface area contributed by atoms with Gasteiger partial charge in [-0.3, -0.25) is 0 Å². The van der Waals surface area contributed by atoms with E-state index in [4.69, 9.17) is 10.00 Å². The van der Waals surface area contributed by atoms with Crippen LogP contribution in [0.4, 0.5) is 0 Å². The maximum atomic E-state index is 8.88. The molecule has 1 aromatic carbocycles. The van der Waals surface area contributed by atoms with Crippen LogP contribution in [-0.2, 0) is 0 Å². The second kappa shape index (κ2) is 11.5. The van der Waals surface area contributed by atoms with Crippen LogP contribution in [0.15, 0.2) is 30.3 Å². The minimum absolute atomic E-state index is 0.450. The molecule has 0 N–H and O–H groups in total. The first-order chi connectivity index (χ1) is 12.3. The predicted octanol–water partition coefficient (Wildman–Crippen LogP) is 6.41. The fraction of sp³-hybridized carbons (Fsp3) is 0.545. The lowest BCUT2D eigenvalue weighted by atomic mass is 10.1. The molecule has 3 heteroatoms. The quantitative estimate of drug-likeness (QED) is 0.420. The van der Waals surface area contributed by atoms with Gasteiger partial charge >= 0.3 is 0 Å². The third kappa shape index (κ3) is 7.13. The molecule has 1 heterocycles. The summed E-state index contributed by atoms with van der Waals surface area (Å²) in [4.78, 5) is 4.28. The van der Waals surface area contributed by atoms with E-state index in [-0.39, 0.29) is 0 Å². The molecule has 3 nitrogen and oxygen atoms in total. The Morgan fingerprint density at radius 1 is 0.880 bits per heavy atom. The Balaban J connectivity index is 1.58. The molecular weight excluding hydrogens is 308 g/mol. The van der Waals surface area contributed by atoms with E-state index in [1.54, 1.807) is 6.07 Å². The van der Waals surface area contributed by atoms with Gasteiger partial charge in [0, 0.05) is 5.39 Å². The summed E-state index contributed by atoms with van der Waals surface area (Å²) in [5.41, 5.74) is 1.29. The number of pyridine rings is 1. The number of rotatable bonds is 12. The van der Waals surface area contributed by atoms with Crippen molar-refractivity contribution in [2.75, 3.05) is 6.61 Å². The normalized spacial score (nSPS) is 10.7. The summed E-state index contributed by atoms with van der Waals surface area (Å²) in [6.45, 7) is 3.03. The zero-order valence-electron chi connectivity index (χ0n) is 15.5. The molecule has 0 radical (unpaired) electrons. The van der Waals surface area contributed by atoms with Crippen molar-refractivity contribution in [3.63, 3.8) is 0 Å². The van der Waals surface area contributed by atoms with Crippen LogP contribution in [-0.4, -0.2) is 11.6 Å². The maximum absolute atomic E-state index is 8.88. The summed E-state index contributed by atoms with van der Waals surface area (Å²) in [5, 5.41) is 9.90. The van der Waals surface area contributed by atoms with E-state index in [2.05, 4.69) is 18.0 Å². The summed E-state index contributed by atoms with van der Waals surface area (Å²) in [6.07, 6.45) is 13.3. The minimum Gasteiger partial charge on any atom is -0.494 e. The van der Waals surface area contributed by atoms with Crippen molar-refractivity contribution in [1.82, 2.24) is 4.98 Å². The number of nitrogens with zero attached hydrogens (tertiary/aromatic N) is 2. The Morgan fingerprint density at radius 3 is 2.24 bits per heavy atom. The summed E-state index contributed by atoms with van der Waals surface area (Å²) in [7, 11) is 0. The summed E-state index contributed by atoms with van der Waals surface area (Å²) in [6, 6.07) is 11.6. The molecule has 0 bridgehead atoms. The predicted molar refractivity (Wildman–Crippen MR) is 104 cm³/mol. The van der Waals surface area contributed by atoms with E-state index in [1.165, 1.54) is 57.8 Å². The standard InChI is InChI=1S/C22H30N2O/c1-2-3-4-5-6-7-8-9-10-11-16-25-21-14-15-22-19(17-21)12-13-20(18-23)24-22/h12-15,17H,2-11,16H2,1H3. The van der Waals surface area contributed by atoms with Gasteiger partial charge in [-0.15, -0.1) is 0 Å². The number of unbranched alkanes of at least 4 members (excludes halogenated alkanes) is 9. The molecule has 1 aromatic heterocycles. The first kappa shape index (κ1) is 19.2. The molecule has 25 heavy (non-hydrogen) atoms. The van der Waals surface area contributed by atoms with Gasteiger partial charge in [-0.25, -0.2) is 4.98 Å². The molecular formula is C22H30N2O. The molecule has 0 saturated heterocycles. The molecule has 2 aromatic rings. The lowest BCUT2D eigenvalue weighted by Crippen LogP contribution is -1.97. The van der Waals surface area contributed by atoms with Crippen LogP contribution in [0, 0.1) is 11.3 Å². The molecule has 0 unspecified atom stereocenters. The van der Waals surface area contributed by atoms with Crippen molar-refractivity contribution in [2.24, 2.45) is 0 Å². The second-order valence-electron chi connectivity index (χ2n) is 6.69. The highest BCUT2D eigenvalue weighted by atomic mass is 16.5. The zero-order valence-corrected chi connectivity index (χ0v) is 15.5. The van der Waals surface area contributed by atoms with E-state index in [1.807, 2.05) is 24.3 Å². The topological polar surface area (TPSA) is 45.9 Å². The lowest BCUT2D eigenvalue weighted by Gasteiger charge is -2.07. The number of aromatic nitrogens is 1. The van der Waals surface area contributed by atoms with Crippen molar-refractivity contribution in [2.45, 2.75) is 71.1 Å². The Morgan fingerprint density at radius 2 is 1.56 bits per heavy atom. The number of benzene rings is 1. The Labute approximate surface area is 152 Å². The molecule has 0 fully saturated rings. The molecule has 0 aliphatic heterocycles. The third-order valence-electron chi connectivity index (χ3n) is 4.54. The van der Waals surface area contributed by atoms with E-state index < -0.39 is 0 Å². The zero-order chi connectivity index (χ0) is 17.7. The summed E-state index contributed by atoms with van der Waals surface area (Å²) < 4.78 is 5.85. The van der Waals surface area contributed by atoms with Crippen LogP contribution in [0.5, 0.6) is 5.75 Å². The number of ether oxygens (including phenoxy) is 1. The highest BCUT2D eigenvalue weighted by Gasteiger charge is 2.01. The van der Waals surface area contributed by atoms with Gasteiger partial charge in [0.2, 0.25) is 0 Å². The molecule has 134 valence electrons. The van der Waals surface area contributed by atoms with Gasteiger partial charge in [-0.2, -0.15) is 5.26 Å². The highest BCUT2D eigenvalue weighted by molar-refractivity contribution is 5.80. The van der Waals surface area contributed by atoms with Crippen LogP contribution < -0.4 is 4.74 Å². The van der Waals surface area contributed by atoms with Crippen molar-refractivity contribution >= 4 is 10.9 Å². The van der Waals surface area contributed by atoms with E-state index in [0.29, 0.717) is 5.69 Å². The molecule has 2 rings (SSSR count). The van der Waals surface area contributed by atoms with Crippen LogP contribution >= 0.6 is 0 Å². The van der Waals surface area contributed by atoms with Crippen LogP contribution in [0.3, 0.4) is 0 Å². The molecule has 0 spiro atoms. The maximum Gasteiger partial charge on any atom is 0.141 e. The summed E-state index contributed by atoms with van der Waals surface area (Å²) >= 11 is 0. The van der Waals surface area contributed by atoms with Crippen LogP contribution in [0.25, 0.3) is 10.9 Å². The third-order valence-corrected chi connectivity index (χ3v) is 4.54. The van der Waals surface area contributed by atoms with Crippen molar-refractivity contribution in [3.05, 3.63) is 36.0 Å². The minimum atomic E-state index is 0.450. The highest BCUT2D eigenvalue weighted by Crippen LogP contribution is 2.20. The molecule has 0 aliphatic rings. The monoisotopic (exact) mass is 338 g/mol. The van der Waals surface area contributed by atoms with Gasteiger partial charge in [-0.1, -0.05) is 64.7 Å². The fourth-order valence-corrected chi connectivity index (χ4v) is 3.04. The van der Waals surface area contributed by atoms with Gasteiger partial charge < -0.3 is 4.74 Å². The van der Waals surface area contributed by atoms with Gasteiger partial charge in [0.25, 0.3) is 0 Å².